The Kier molecular flexibility index (Phi) is 3.50. The van der Waals surface area contributed by atoms with Crippen molar-refractivity contribution in [3.8, 4) is 0 Å². The van der Waals surface area contributed by atoms with Gasteiger partial charge in [-0.2, -0.15) is 0 Å². The van der Waals surface area contributed by atoms with Crippen molar-refractivity contribution >= 4 is 43.7 Å². The predicted molar refractivity (Wildman–Crippen MR) is 95.9 cm³/mol. The zero-order valence-corrected chi connectivity index (χ0v) is 13.8. The first-order chi connectivity index (χ1) is 11.2. The summed E-state index contributed by atoms with van der Waals surface area (Å²) in [6.07, 6.45) is 0.409. The summed E-state index contributed by atoms with van der Waals surface area (Å²) >= 11 is 3.49. The molecule has 0 aliphatic heterocycles. The SMILES string of the molecule is O=C(Cc1ccccc1)c1ccc2oc3ccc(Br)cc3c2c1. The lowest BCUT2D eigenvalue weighted by Crippen LogP contribution is -2.03. The molecule has 3 heteroatoms. The highest BCUT2D eigenvalue weighted by Crippen LogP contribution is 2.31. The molecule has 1 heterocycles. The van der Waals surface area contributed by atoms with E-state index in [4.69, 9.17) is 4.42 Å². The second-order valence-electron chi connectivity index (χ2n) is 5.54. The molecule has 112 valence electrons. The number of benzene rings is 3. The van der Waals surface area contributed by atoms with Gasteiger partial charge in [0.1, 0.15) is 11.2 Å². The van der Waals surface area contributed by atoms with Crippen LogP contribution in [0.25, 0.3) is 21.9 Å². The summed E-state index contributed by atoms with van der Waals surface area (Å²) in [5.74, 6) is 0.113. The Labute approximate surface area is 141 Å². The summed E-state index contributed by atoms with van der Waals surface area (Å²) in [7, 11) is 0. The summed E-state index contributed by atoms with van der Waals surface area (Å²) in [5.41, 5.74) is 3.37. The fraction of sp³-hybridized carbons (Fsp3) is 0.0500. The van der Waals surface area contributed by atoms with E-state index in [1.54, 1.807) is 0 Å². The maximum atomic E-state index is 12.5. The Morgan fingerprint density at radius 2 is 1.57 bits per heavy atom. The topological polar surface area (TPSA) is 30.2 Å². The molecule has 3 aromatic carbocycles. The smallest absolute Gasteiger partial charge is 0.167 e. The molecule has 4 aromatic rings. The van der Waals surface area contributed by atoms with E-state index in [-0.39, 0.29) is 5.78 Å². The van der Waals surface area contributed by atoms with Crippen LogP contribution < -0.4 is 0 Å². The van der Waals surface area contributed by atoms with E-state index in [0.29, 0.717) is 12.0 Å². The molecule has 0 atom stereocenters. The normalized spacial score (nSPS) is 11.2. The first-order valence-electron chi connectivity index (χ1n) is 7.40. The highest BCUT2D eigenvalue weighted by Gasteiger charge is 2.12. The molecular formula is C20H13BrO2. The van der Waals surface area contributed by atoms with Gasteiger partial charge in [0.15, 0.2) is 5.78 Å². The molecule has 4 rings (SSSR count). The fourth-order valence-corrected chi connectivity index (χ4v) is 3.17. The van der Waals surface area contributed by atoms with Crippen LogP contribution in [0.3, 0.4) is 0 Å². The van der Waals surface area contributed by atoms with Crippen molar-refractivity contribution in [2.75, 3.05) is 0 Å². The summed E-state index contributed by atoms with van der Waals surface area (Å²) in [6, 6.07) is 21.4. The molecule has 2 nitrogen and oxygen atoms in total. The van der Waals surface area contributed by atoms with Crippen LogP contribution in [0, 0.1) is 0 Å². The fourth-order valence-electron chi connectivity index (χ4n) is 2.81. The van der Waals surface area contributed by atoms with Crippen LogP contribution in [0.5, 0.6) is 0 Å². The van der Waals surface area contributed by atoms with Crippen LogP contribution >= 0.6 is 15.9 Å². The molecule has 0 saturated heterocycles. The number of furan rings is 1. The molecule has 0 unspecified atom stereocenters. The Bertz CT molecular complexity index is 1020. The average Bonchev–Trinajstić information content (AvgIpc) is 2.93. The van der Waals surface area contributed by atoms with Gasteiger partial charge in [-0.3, -0.25) is 4.79 Å². The highest BCUT2D eigenvalue weighted by atomic mass is 79.9. The van der Waals surface area contributed by atoms with Gasteiger partial charge in [0.2, 0.25) is 0 Å². The van der Waals surface area contributed by atoms with Crippen molar-refractivity contribution in [2.45, 2.75) is 6.42 Å². The van der Waals surface area contributed by atoms with Crippen molar-refractivity contribution in [3.63, 3.8) is 0 Å². The Balaban J connectivity index is 1.77. The van der Waals surface area contributed by atoms with E-state index in [0.717, 1.165) is 32.0 Å². The van der Waals surface area contributed by atoms with E-state index in [1.165, 1.54) is 0 Å². The van der Waals surface area contributed by atoms with E-state index in [9.17, 15) is 4.79 Å². The van der Waals surface area contributed by atoms with Gasteiger partial charge in [-0.25, -0.2) is 0 Å². The van der Waals surface area contributed by atoms with Crippen LogP contribution in [0.15, 0.2) is 75.6 Å². The van der Waals surface area contributed by atoms with E-state index < -0.39 is 0 Å². The minimum Gasteiger partial charge on any atom is -0.456 e. The molecule has 1 aromatic heterocycles. The van der Waals surface area contributed by atoms with Crippen molar-refractivity contribution in [2.24, 2.45) is 0 Å². The minimum absolute atomic E-state index is 0.113. The van der Waals surface area contributed by atoms with Crippen molar-refractivity contribution in [1.82, 2.24) is 0 Å². The second kappa shape index (κ2) is 5.67. The summed E-state index contributed by atoms with van der Waals surface area (Å²) < 4.78 is 6.82. The number of hydrogen-bond donors (Lipinski definition) is 0. The largest absolute Gasteiger partial charge is 0.456 e. The van der Waals surface area contributed by atoms with Crippen molar-refractivity contribution in [3.05, 3.63) is 82.3 Å². The lowest BCUT2D eigenvalue weighted by molar-refractivity contribution is 0.0993. The molecule has 0 spiro atoms. The third-order valence-corrected chi connectivity index (χ3v) is 4.45. The van der Waals surface area contributed by atoms with E-state index >= 15 is 0 Å². The maximum Gasteiger partial charge on any atom is 0.167 e. The average molecular weight is 365 g/mol. The molecule has 0 amide bonds. The lowest BCUT2D eigenvalue weighted by Gasteiger charge is -2.02. The third kappa shape index (κ3) is 2.68. The first-order valence-corrected chi connectivity index (χ1v) is 8.19. The van der Waals surface area contributed by atoms with Gasteiger partial charge in [-0.05, 0) is 42.0 Å². The molecule has 0 bridgehead atoms. The van der Waals surface area contributed by atoms with Crippen molar-refractivity contribution < 1.29 is 9.21 Å². The molecular weight excluding hydrogens is 352 g/mol. The number of halogens is 1. The highest BCUT2D eigenvalue weighted by molar-refractivity contribution is 9.10. The van der Waals surface area contributed by atoms with Gasteiger partial charge < -0.3 is 4.42 Å². The number of carbonyl (C=O) groups is 1. The first kappa shape index (κ1) is 14.2. The number of Topliss-reactive ketones (excluding diaryl/α,β-unsaturated/α-hetero) is 1. The van der Waals surface area contributed by atoms with Crippen molar-refractivity contribution in [1.29, 1.82) is 0 Å². The molecule has 23 heavy (non-hydrogen) atoms. The van der Waals surface area contributed by atoms with Gasteiger partial charge in [-0.1, -0.05) is 46.3 Å². The molecule has 0 fully saturated rings. The number of hydrogen-bond acceptors (Lipinski definition) is 2. The monoisotopic (exact) mass is 364 g/mol. The zero-order valence-electron chi connectivity index (χ0n) is 12.3. The summed E-state index contributed by atoms with van der Waals surface area (Å²) in [4.78, 5) is 12.5. The molecule has 0 saturated carbocycles. The Hall–Kier alpha value is -2.39. The number of carbonyl (C=O) groups excluding carboxylic acids is 1. The van der Waals surface area contributed by atoms with Crippen LogP contribution in [0.1, 0.15) is 15.9 Å². The molecule has 0 radical (unpaired) electrons. The Morgan fingerprint density at radius 3 is 2.35 bits per heavy atom. The number of fused-ring (bicyclic) bond motifs is 3. The lowest BCUT2D eigenvalue weighted by atomic mass is 10.0. The van der Waals surface area contributed by atoms with Gasteiger partial charge in [0, 0.05) is 27.2 Å². The number of ketones is 1. The minimum atomic E-state index is 0.113. The van der Waals surface area contributed by atoms with Gasteiger partial charge >= 0.3 is 0 Å². The van der Waals surface area contributed by atoms with Crippen LogP contribution in [-0.2, 0) is 6.42 Å². The van der Waals surface area contributed by atoms with E-state index in [1.807, 2.05) is 66.7 Å². The van der Waals surface area contributed by atoms with Crippen LogP contribution in [0.2, 0.25) is 0 Å². The summed E-state index contributed by atoms with van der Waals surface area (Å²) in [6.45, 7) is 0. The Morgan fingerprint density at radius 1 is 0.870 bits per heavy atom. The second-order valence-corrected chi connectivity index (χ2v) is 6.45. The maximum absolute atomic E-state index is 12.5. The molecule has 0 aliphatic rings. The predicted octanol–water partition coefficient (Wildman–Crippen LogP) is 5.77. The molecule has 0 aliphatic carbocycles. The quantitative estimate of drug-likeness (QED) is 0.431. The molecule has 0 N–H and O–H groups in total. The standard InChI is InChI=1S/C20H13BrO2/c21-15-7-9-20-17(12-15)16-11-14(6-8-19(16)23-20)18(22)10-13-4-2-1-3-5-13/h1-9,11-12H,10H2. The van der Waals surface area contributed by atoms with Gasteiger partial charge in [0.05, 0.1) is 0 Å². The van der Waals surface area contributed by atoms with Crippen LogP contribution in [-0.4, -0.2) is 5.78 Å². The van der Waals surface area contributed by atoms with E-state index in [2.05, 4.69) is 15.9 Å². The van der Waals surface area contributed by atoms with Gasteiger partial charge in [-0.15, -0.1) is 0 Å². The van der Waals surface area contributed by atoms with Gasteiger partial charge in [0.25, 0.3) is 0 Å². The van der Waals surface area contributed by atoms with Crippen LogP contribution in [0.4, 0.5) is 0 Å². The third-order valence-electron chi connectivity index (χ3n) is 3.96. The summed E-state index contributed by atoms with van der Waals surface area (Å²) in [5, 5.41) is 1.99. The zero-order chi connectivity index (χ0) is 15.8. The number of rotatable bonds is 3.